The summed E-state index contributed by atoms with van der Waals surface area (Å²) in [6.07, 6.45) is -4.32. The molecule has 1 heterocycles. The van der Waals surface area contributed by atoms with E-state index in [-0.39, 0.29) is 0 Å². The van der Waals surface area contributed by atoms with Crippen molar-refractivity contribution in [3.63, 3.8) is 0 Å². The summed E-state index contributed by atoms with van der Waals surface area (Å²) in [5, 5.41) is 7.48. The average molecular weight is 297 g/mol. The lowest BCUT2D eigenvalue weighted by atomic mass is 10.1. The molecule has 2 rings (SSSR count). The van der Waals surface area contributed by atoms with Crippen LogP contribution in [0, 0.1) is 13.8 Å². The Morgan fingerprint density at radius 2 is 1.95 bits per heavy atom. The van der Waals surface area contributed by atoms with E-state index in [1.54, 1.807) is 10.7 Å². The van der Waals surface area contributed by atoms with Crippen molar-refractivity contribution in [2.24, 2.45) is 0 Å². The number of halogens is 3. The molecular weight excluding hydrogens is 279 g/mol. The molecule has 6 heteroatoms. The summed E-state index contributed by atoms with van der Waals surface area (Å²) in [5.41, 5.74) is 2.92. The number of alkyl halides is 3. The zero-order chi connectivity index (χ0) is 15.6. The molecule has 3 nitrogen and oxygen atoms in total. The molecule has 1 aromatic heterocycles. The first kappa shape index (κ1) is 15.6. The highest BCUT2D eigenvalue weighted by atomic mass is 19.4. The third kappa shape index (κ3) is 3.44. The second-order valence-electron chi connectivity index (χ2n) is 5.04. The Hall–Kier alpha value is -1.82. The molecule has 0 fully saturated rings. The zero-order valence-corrected chi connectivity index (χ0v) is 12.3. The molecule has 1 aromatic carbocycles. The van der Waals surface area contributed by atoms with Crippen molar-refractivity contribution in [1.29, 1.82) is 0 Å². The molecule has 0 amide bonds. The lowest BCUT2D eigenvalue weighted by Crippen LogP contribution is -2.09. The van der Waals surface area contributed by atoms with E-state index in [1.807, 2.05) is 20.9 Å². The molecule has 0 saturated carbocycles. The molecule has 0 spiro atoms. The van der Waals surface area contributed by atoms with Crippen molar-refractivity contribution in [2.75, 3.05) is 7.05 Å². The quantitative estimate of drug-likeness (QED) is 0.938. The molecule has 0 atom stereocenters. The van der Waals surface area contributed by atoms with Gasteiger partial charge in [-0.05, 0) is 38.6 Å². The van der Waals surface area contributed by atoms with Gasteiger partial charge in [0, 0.05) is 17.8 Å². The van der Waals surface area contributed by atoms with Gasteiger partial charge in [-0.15, -0.1) is 0 Å². The summed E-state index contributed by atoms with van der Waals surface area (Å²) < 4.78 is 39.9. The van der Waals surface area contributed by atoms with Crippen molar-refractivity contribution in [2.45, 2.75) is 33.1 Å². The Labute approximate surface area is 121 Å². The van der Waals surface area contributed by atoms with Crippen molar-refractivity contribution < 1.29 is 13.2 Å². The maximum atomic E-state index is 12.7. The molecule has 0 aliphatic carbocycles. The number of aryl methyl sites for hydroxylation is 1. The Morgan fingerprint density at radius 3 is 2.57 bits per heavy atom. The van der Waals surface area contributed by atoms with Crippen LogP contribution in [-0.4, -0.2) is 16.8 Å². The fourth-order valence-electron chi connectivity index (χ4n) is 2.34. The highest BCUT2D eigenvalue weighted by molar-refractivity contribution is 5.28. The van der Waals surface area contributed by atoms with Crippen LogP contribution in [0.4, 0.5) is 13.2 Å². The van der Waals surface area contributed by atoms with Gasteiger partial charge in [-0.25, -0.2) is 0 Å². The first-order valence-corrected chi connectivity index (χ1v) is 6.66. The van der Waals surface area contributed by atoms with Gasteiger partial charge in [0.15, 0.2) is 0 Å². The lowest BCUT2D eigenvalue weighted by molar-refractivity contribution is -0.137. The van der Waals surface area contributed by atoms with Crippen LogP contribution in [0.1, 0.15) is 28.1 Å². The summed E-state index contributed by atoms with van der Waals surface area (Å²) in [7, 11) is 1.85. The SMILES string of the molecule is CNCc1c(C)nn(Cc2cccc(C(F)(F)F)c2)c1C. The largest absolute Gasteiger partial charge is 0.416 e. The van der Waals surface area contributed by atoms with Crippen LogP contribution in [0.25, 0.3) is 0 Å². The van der Waals surface area contributed by atoms with Crippen LogP contribution in [0.2, 0.25) is 0 Å². The second kappa shape index (κ2) is 5.89. The number of nitrogens with one attached hydrogen (secondary N) is 1. The molecule has 0 unspecified atom stereocenters. The minimum absolute atomic E-state index is 0.334. The van der Waals surface area contributed by atoms with Crippen molar-refractivity contribution in [3.8, 4) is 0 Å². The number of benzene rings is 1. The van der Waals surface area contributed by atoms with E-state index in [2.05, 4.69) is 10.4 Å². The molecular formula is C15H18F3N3. The second-order valence-corrected chi connectivity index (χ2v) is 5.04. The predicted molar refractivity (Wildman–Crippen MR) is 75.0 cm³/mol. The number of hydrogen-bond donors (Lipinski definition) is 1. The van der Waals surface area contributed by atoms with Gasteiger partial charge in [0.05, 0.1) is 17.8 Å². The van der Waals surface area contributed by atoms with Gasteiger partial charge >= 0.3 is 6.18 Å². The molecule has 0 aliphatic rings. The standard InChI is InChI=1S/C15H18F3N3/c1-10-14(8-19-3)11(2)21(20-10)9-12-5-4-6-13(7-12)15(16,17)18/h4-7,19H,8-9H2,1-3H3. The van der Waals surface area contributed by atoms with E-state index < -0.39 is 11.7 Å². The van der Waals surface area contributed by atoms with Gasteiger partial charge in [0.2, 0.25) is 0 Å². The minimum Gasteiger partial charge on any atom is -0.316 e. The highest BCUT2D eigenvalue weighted by Gasteiger charge is 2.30. The Balaban J connectivity index is 2.29. The van der Waals surface area contributed by atoms with Crippen LogP contribution in [-0.2, 0) is 19.3 Å². The van der Waals surface area contributed by atoms with Gasteiger partial charge in [0.1, 0.15) is 0 Å². The lowest BCUT2D eigenvalue weighted by Gasteiger charge is -2.10. The average Bonchev–Trinajstić information content (AvgIpc) is 2.66. The topological polar surface area (TPSA) is 29.9 Å². The van der Waals surface area contributed by atoms with E-state index in [0.29, 0.717) is 18.7 Å². The zero-order valence-electron chi connectivity index (χ0n) is 12.3. The third-order valence-corrected chi connectivity index (χ3v) is 3.47. The summed E-state index contributed by atoms with van der Waals surface area (Å²) in [5.74, 6) is 0. The third-order valence-electron chi connectivity index (χ3n) is 3.47. The van der Waals surface area contributed by atoms with Gasteiger partial charge in [-0.2, -0.15) is 18.3 Å². The highest BCUT2D eigenvalue weighted by Crippen LogP contribution is 2.29. The summed E-state index contributed by atoms with van der Waals surface area (Å²) in [6.45, 7) is 4.86. The van der Waals surface area contributed by atoms with Gasteiger partial charge in [-0.3, -0.25) is 4.68 Å². The van der Waals surface area contributed by atoms with Crippen molar-refractivity contribution in [3.05, 3.63) is 52.3 Å². The fourth-order valence-corrected chi connectivity index (χ4v) is 2.34. The van der Waals surface area contributed by atoms with E-state index in [4.69, 9.17) is 0 Å². The number of nitrogens with zero attached hydrogens (tertiary/aromatic N) is 2. The first-order chi connectivity index (χ1) is 9.82. The molecule has 21 heavy (non-hydrogen) atoms. The Kier molecular flexibility index (Phi) is 4.37. The van der Waals surface area contributed by atoms with Gasteiger partial charge < -0.3 is 5.32 Å². The summed E-state index contributed by atoms with van der Waals surface area (Å²) >= 11 is 0. The van der Waals surface area contributed by atoms with E-state index in [1.165, 1.54) is 12.1 Å². The number of rotatable bonds is 4. The van der Waals surface area contributed by atoms with E-state index >= 15 is 0 Å². The van der Waals surface area contributed by atoms with E-state index in [0.717, 1.165) is 23.0 Å². The predicted octanol–water partition coefficient (Wildman–Crippen LogP) is 3.29. The molecule has 2 aromatic rings. The van der Waals surface area contributed by atoms with Crippen LogP contribution in [0.5, 0.6) is 0 Å². The molecule has 0 aliphatic heterocycles. The number of aromatic nitrogens is 2. The summed E-state index contributed by atoms with van der Waals surface area (Å²) in [6, 6.07) is 5.37. The van der Waals surface area contributed by atoms with Crippen LogP contribution < -0.4 is 5.32 Å². The monoisotopic (exact) mass is 297 g/mol. The number of hydrogen-bond acceptors (Lipinski definition) is 2. The van der Waals surface area contributed by atoms with Crippen LogP contribution >= 0.6 is 0 Å². The minimum atomic E-state index is -4.32. The van der Waals surface area contributed by atoms with Crippen molar-refractivity contribution in [1.82, 2.24) is 15.1 Å². The first-order valence-electron chi connectivity index (χ1n) is 6.66. The smallest absolute Gasteiger partial charge is 0.316 e. The Bertz CT molecular complexity index is 630. The molecule has 0 bridgehead atoms. The van der Waals surface area contributed by atoms with E-state index in [9.17, 15) is 13.2 Å². The summed E-state index contributed by atoms with van der Waals surface area (Å²) in [4.78, 5) is 0. The fraction of sp³-hybridized carbons (Fsp3) is 0.400. The normalized spacial score (nSPS) is 11.9. The Morgan fingerprint density at radius 1 is 1.24 bits per heavy atom. The van der Waals surface area contributed by atoms with Gasteiger partial charge in [0.25, 0.3) is 0 Å². The van der Waals surface area contributed by atoms with Crippen LogP contribution in [0.15, 0.2) is 24.3 Å². The maximum Gasteiger partial charge on any atom is 0.416 e. The molecule has 0 saturated heterocycles. The molecule has 114 valence electrons. The van der Waals surface area contributed by atoms with Crippen molar-refractivity contribution >= 4 is 0 Å². The maximum absolute atomic E-state index is 12.7. The van der Waals surface area contributed by atoms with Gasteiger partial charge in [-0.1, -0.05) is 12.1 Å². The van der Waals surface area contributed by atoms with Crippen LogP contribution in [0.3, 0.4) is 0 Å². The molecule has 0 radical (unpaired) electrons. The molecule has 1 N–H and O–H groups in total.